The minimum atomic E-state index is 0.678. The molecule has 2 heteroatoms. The molecular formula is C14H28N2. The maximum absolute atomic E-state index is 3.59. The van der Waals surface area contributed by atoms with E-state index in [1.807, 2.05) is 0 Å². The van der Waals surface area contributed by atoms with Gasteiger partial charge < -0.3 is 5.32 Å². The molecule has 2 nitrogen and oxygen atoms in total. The smallest absolute Gasteiger partial charge is 0.0166 e. The second-order valence-electron chi connectivity index (χ2n) is 6.13. The molecule has 0 aromatic carbocycles. The minimum Gasteiger partial charge on any atom is -0.313 e. The van der Waals surface area contributed by atoms with Crippen LogP contribution in [0.15, 0.2) is 0 Å². The van der Waals surface area contributed by atoms with E-state index in [1.54, 1.807) is 0 Å². The van der Waals surface area contributed by atoms with Gasteiger partial charge in [0.2, 0.25) is 0 Å². The fourth-order valence-electron chi connectivity index (χ4n) is 3.32. The Balaban J connectivity index is 1.90. The van der Waals surface area contributed by atoms with Gasteiger partial charge in [0.05, 0.1) is 0 Å². The summed E-state index contributed by atoms with van der Waals surface area (Å²) in [7, 11) is 0. The van der Waals surface area contributed by atoms with E-state index < -0.39 is 0 Å². The molecule has 4 unspecified atom stereocenters. The first kappa shape index (κ1) is 12.4. The van der Waals surface area contributed by atoms with Crippen molar-refractivity contribution in [2.75, 3.05) is 19.6 Å². The molecule has 1 N–H and O–H groups in total. The number of nitrogens with zero attached hydrogens (tertiary/aromatic N) is 1. The third kappa shape index (κ3) is 2.98. The van der Waals surface area contributed by atoms with E-state index in [1.165, 1.54) is 45.3 Å². The molecule has 0 amide bonds. The van der Waals surface area contributed by atoms with Crippen molar-refractivity contribution in [1.82, 2.24) is 10.2 Å². The topological polar surface area (TPSA) is 15.3 Å². The summed E-state index contributed by atoms with van der Waals surface area (Å²) in [6.07, 6.45) is 5.61. The molecule has 1 saturated carbocycles. The predicted octanol–water partition coefficient (Wildman–Crippen LogP) is 2.49. The van der Waals surface area contributed by atoms with Gasteiger partial charge >= 0.3 is 0 Å². The molecule has 0 bridgehead atoms. The molecule has 16 heavy (non-hydrogen) atoms. The van der Waals surface area contributed by atoms with Gasteiger partial charge in [0.25, 0.3) is 0 Å². The summed E-state index contributed by atoms with van der Waals surface area (Å²) in [5.41, 5.74) is 0. The van der Waals surface area contributed by atoms with Crippen LogP contribution >= 0.6 is 0 Å². The molecule has 94 valence electrons. The zero-order valence-corrected chi connectivity index (χ0v) is 11.2. The highest BCUT2D eigenvalue weighted by molar-refractivity contribution is 4.85. The van der Waals surface area contributed by atoms with E-state index in [-0.39, 0.29) is 0 Å². The lowest BCUT2D eigenvalue weighted by Crippen LogP contribution is -2.44. The number of hydrogen-bond acceptors (Lipinski definition) is 2. The van der Waals surface area contributed by atoms with Crippen LogP contribution < -0.4 is 5.32 Å². The van der Waals surface area contributed by atoms with Crippen molar-refractivity contribution in [1.29, 1.82) is 0 Å². The average Bonchev–Trinajstić information content (AvgIpc) is 2.47. The van der Waals surface area contributed by atoms with Crippen LogP contribution in [-0.4, -0.2) is 36.6 Å². The Morgan fingerprint density at radius 2 is 1.88 bits per heavy atom. The lowest BCUT2D eigenvalue weighted by molar-refractivity contribution is 0.109. The molecule has 0 radical (unpaired) electrons. The van der Waals surface area contributed by atoms with Crippen LogP contribution in [0.1, 0.15) is 46.5 Å². The van der Waals surface area contributed by atoms with Crippen molar-refractivity contribution < 1.29 is 0 Å². The molecule has 2 aliphatic rings. The molecule has 0 aromatic heterocycles. The third-order valence-electron chi connectivity index (χ3n) is 4.71. The second-order valence-corrected chi connectivity index (χ2v) is 6.13. The van der Waals surface area contributed by atoms with Crippen LogP contribution in [0.5, 0.6) is 0 Å². The van der Waals surface area contributed by atoms with Gasteiger partial charge in [0, 0.05) is 18.6 Å². The third-order valence-corrected chi connectivity index (χ3v) is 4.71. The zero-order chi connectivity index (χ0) is 11.5. The summed E-state index contributed by atoms with van der Waals surface area (Å²) in [6, 6.07) is 1.55. The molecular weight excluding hydrogens is 196 g/mol. The highest BCUT2D eigenvalue weighted by atomic mass is 15.2. The van der Waals surface area contributed by atoms with E-state index >= 15 is 0 Å². The van der Waals surface area contributed by atoms with Gasteiger partial charge in [-0.05, 0) is 57.5 Å². The SMILES string of the molecule is CC1CN(C2CCC(C)C(C)C2)CCCN1. The van der Waals surface area contributed by atoms with Gasteiger partial charge in [-0.1, -0.05) is 13.8 Å². The van der Waals surface area contributed by atoms with Gasteiger partial charge in [0.1, 0.15) is 0 Å². The van der Waals surface area contributed by atoms with Crippen molar-refractivity contribution in [3.05, 3.63) is 0 Å². The molecule has 2 rings (SSSR count). The van der Waals surface area contributed by atoms with Crippen LogP contribution in [0.3, 0.4) is 0 Å². The van der Waals surface area contributed by atoms with Crippen LogP contribution in [0.4, 0.5) is 0 Å². The first-order chi connectivity index (χ1) is 7.66. The Morgan fingerprint density at radius 3 is 2.62 bits per heavy atom. The Kier molecular flexibility index (Phi) is 4.26. The summed E-state index contributed by atoms with van der Waals surface area (Å²) >= 11 is 0. The summed E-state index contributed by atoms with van der Waals surface area (Å²) < 4.78 is 0. The van der Waals surface area contributed by atoms with E-state index in [0.29, 0.717) is 6.04 Å². The summed E-state index contributed by atoms with van der Waals surface area (Å²) in [4.78, 5) is 2.76. The maximum Gasteiger partial charge on any atom is 0.0166 e. The standard InChI is InChI=1S/C14H28N2/c1-11-5-6-14(9-12(11)2)16-8-4-7-15-13(3)10-16/h11-15H,4-10H2,1-3H3. The monoisotopic (exact) mass is 224 g/mol. The molecule has 1 saturated heterocycles. The molecule has 1 aliphatic heterocycles. The first-order valence-corrected chi connectivity index (χ1v) is 7.14. The highest BCUT2D eigenvalue weighted by Gasteiger charge is 2.29. The molecule has 1 aliphatic carbocycles. The molecule has 2 fully saturated rings. The van der Waals surface area contributed by atoms with Crippen LogP contribution in [0.25, 0.3) is 0 Å². The van der Waals surface area contributed by atoms with Crippen molar-refractivity contribution in [2.24, 2.45) is 11.8 Å². The largest absolute Gasteiger partial charge is 0.313 e. The zero-order valence-electron chi connectivity index (χ0n) is 11.2. The Morgan fingerprint density at radius 1 is 1.06 bits per heavy atom. The van der Waals surface area contributed by atoms with Gasteiger partial charge in [-0.15, -0.1) is 0 Å². The van der Waals surface area contributed by atoms with Crippen molar-refractivity contribution in [3.63, 3.8) is 0 Å². The molecule has 0 aromatic rings. The van der Waals surface area contributed by atoms with Gasteiger partial charge in [0.15, 0.2) is 0 Å². The van der Waals surface area contributed by atoms with Crippen molar-refractivity contribution in [3.8, 4) is 0 Å². The van der Waals surface area contributed by atoms with Gasteiger partial charge in [-0.3, -0.25) is 4.90 Å². The predicted molar refractivity (Wildman–Crippen MR) is 69.6 cm³/mol. The maximum atomic E-state index is 3.59. The van der Waals surface area contributed by atoms with Gasteiger partial charge in [-0.2, -0.15) is 0 Å². The van der Waals surface area contributed by atoms with E-state index in [9.17, 15) is 0 Å². The Labute approximate surface area is 101 Å². The molecule has 4 atom stereocenters. The highest BCUT2D eigenvalue weighted by Crippen LogP contribution is 2.32. The van der Waals surface area contributed by atoms with Crippen LogP contribution in [-0.2, 0) is 0 Å². The van der Waals surface area contributed by atoms with Gasteiger partial charge in [-0.25, -0.2) is 0 Å². The first-order valence-electron chi connectivity index (χ1n) is 7.14. The Hall–Kier alpha value is -0.0800. The molecule has 1 heterocycles. The fraction of sp³-hybridized carbons (Fsp3) is 1.00. The normalized spacial score (nSPS) is 42.9. The van der Waals surface area contributed by atoms with E-state index in [4.69, 9.17) is 0 Å². The van der Waals surface area contributed by atoms with Crippen LogP contribution in [0, 0.1) is 11.8 Å². The summed E-state index contributed by atoms with van der Waals surface area (Å²) in [6.45, 7) is 11.0. The molecule has 0 spiro atoms. The quantitative estimate of drug-likeness (QED) is 0.736. The lowest BCUT2D eigenvalue weighted by Gasteiger charge is -2.39. The second kappa shape index (κ2) is 5.50. The average molecular weight is 224 g/mol. The summed E-state index contributed by atoms with van der Waals surface area (Å²) in [5.74, 6) is 1.86. The number of nitrogens with one attached hydrogen (secondary N) is 1. The van der Waals surface area contributed by atoms with Crippen molar-refractivity contribution in [2.45, 2.75) is 58.5 Å². The van der Waals surface area contributed by atoms with Crippen molar-refractivity contribution >= 4 is 0 Å². The van der Waals surface area contributed by atoms with Crippen LogP contribution in [0.2, 0.25) is 0 Å². The van der Waals surface area contributed by atoms with E-state index in [0.717, 1.165) is 17.9 Å². The number of rotatable bonds is 1. The Bertz CT molecular complexity index is 217. The fourth-order valence-corrected chi connectivity index (χ4v) is 3.32. The number of hydrogen-bond donors (Lipinski definition) is 1. The lowest BCUT2D eigenvalue weighted by atomic mass is 9.78. The summed E-state index contributed by atoms with van der Waals surface area (Å²) in [5, 5.41) is 3.59. The minimum absolute atomic E-state index is 0.678. The van der Waals surface area contributed by atoms with E-state index in [2.05, 4.69) is 31.0 Å².